The van der Waals surface area contributed by atoms with Crippen LogP contribution < -0.4 is 10.6 Å². The lowest BCUT2D eigenvalue weighted by atomic mass is 9.99. The van der Waals surface area contributed by atoms with Crippen LogP contribution in [-0.2, 0) is 9.47 Å². The van der Waals surface area contributed by atoms with Crippen LogP contribution in [0.25, 0.3) is 0 Å². The Kier molecular flexibility index (Phi) is 6.45. The van der Waals surface area contributed by atoms with Crippen LogP contribution in [0.3, 0.4) is 0 Å². The Hall–Kier alpha value is -0.460. The lowest BCUT2D eigenvalue weighted by Gasteiger charge is -2.36. The number of ether oxygens (including phenoxy) is 2. The molecule has 20 heavy (non-hydrogen) atoms. The Labute approximate surface area is 126 Å². The second-order valence-corrected chi connectivity index (χ2v) is 6.81. The maximum absolute atomic E-state index is 5.47. The fourth-order valence-corrected chi connectivity index (χ4v) is 3.44. The molecule has 2 N–H and O–H groups in total. The zero-order valence-electron chi connectivity index (χ0n) is 12.6. The number of hydrogen-bond donors (Lipinski definition) is 2. The maximum Gasteiger partial charge on any atom is 0.191 e. The molecule has 0 bridgehead atoms. The van der Waals surface area contributed by atoms with Crippen molar-refractivity contribution in [2.45, 2.75) is 24.0 Å². The number of nitrogens with one attached hydrogen (secondary N) is 2. The van der Waals surface area contributed by atoms with Gasteiger partial charge in [0, 0.05) is 50.6 Å². The molecular formula is C14H27N3O2S. The minimum Gasteiger partial charge on any atom is -0.381 e. The number of guanidine groups is 1. The zero-order valence-corrected chi connectivity index (χ0v) is 13.4. The van der Waals surface area contributed by atoms with Gasteiger partial charge in [0.1, 0.15) is 0 Å². The van der Waals surface area contributed by atoms with E-state index in [1.165, 1.54) is 0 Å². The first-order valence-electron chi connectivity index (χ1n) is 7.43. The molecule has 2 aliphatic rings. The number of rotatable bonds is 5. The van der Waals surface area contributed by atoms with Crippen LogP contribution in [0.4, 0.5) is 0 Å². The van der Waals surface area contributed by atoms with Crippen molar-refractivity contribution in [2.75, 3.05) is 52.8 Å². The van der Waals surface area contributed by atoms with Crippen LogP contribution in [0.5, 0.6) is 0 Å². The Bertz CT molecular complexity index is 314. The Balaban J connectivity index is 1.74. The molecule has 1 atom stereocenters. The van der Waals surface area contributed by atoms with E-state index < -0.39 is 0 Å². The smallest absolute Gasteiger partial charge is 0.191 e. The highest BCUT2D eigenvalue weighted by Gasteiger charge is 2.31. The molecule has 6 heteroatoms. The van der Waals surface area contributed by atoms with Gasteiger partial charge in [0.2, 0.25) is 0 Å². The minimum atomic E-state index is 0.284. The summed E-state index contributed by atoms with van der Waals surface area (Å²) in [6.07, 6.45) is 5.55. The van der Waals surface area contributed by atoms with E-state index in [1.807, 2.05) is 18.8 Å². The third kappa shape index (κ3) is 4.53. The van der Waals surface area contributed by atoms with E-state index >= 15 is 0 Å². The van der Waals surface area contributed by atoms with Crippen molar-refractivity contribution >= 4 is 17.7 Å². The summed E-state index contributed by atoms with van der Waals surface area (Å²) in [5, 5.41) is 6.89. The number of thioether (sulfide) groups is 1. The predicted octanol–water partition coefficient (Wildman–Crippen LogP) is 1.10. The first kappa shape index (κ1) is 15.9. The van der Waals surface area contributed by atoms with Gasteiger partial charge in [-0.05, 0) is 25.5 Å². The molecule has 2 saturated heterocycles. The van der Waals surface area contributed by atoms with Crippen LogP contribution in [0.15, 0.2) is 4.99 Å². The topological polar surface area (TPSA) is 54.9 Å². The molecule has 0 aromatic rings. The van der Waals surface area contributed by atoms with Gasteiger partial charge in [0.25, 0.3) is 0 Å². The van der Waals surface area contributed by atoms with E-state index in [-0.39, 0.29) is 4.75 Å². The summed E-state index contributed by atoms with van der Waals surface area (Å²) in [6, 6.07) is 0. The van der Waals surface area contributed by atoms with Gasteiger partial charge < -0.3 is 20.1 Å². The van der Waals surface area contributed by atoms with Crippen molar-refractivity contribution in [3.63, 3.8) is 0 Å². The summed E-state index contributed by atoms with van der Waals surface area (Å²) in [7, 11) is 1.83. The van der Waals surface area contributed by atoms with Crippen molar-refractivity contribution in [1.82, 2.24) is 10.6 Å². The molecule has 0 spiro atoms. The fraction of sp³-hybridized carbons (Fsp3) is 0.929. The Morgan fingerprint density at radius 1 is 1.25 bits per heavy atom. The normalized spacial score (nSPS) is 26.5. The summed E-state index contributed by atoms with van der Waals surface area (Å²) in [5.41, 5.74) is 0. The predicted molar refractivity (Wildman–Crippen MR) is 84.6 cm³/mol. The van der Waals surface area contributed by atoms with E-state index in [0.29, 0.717) is 5.92 Å². The minimum absolute atomic E-state index is 0.284. The van der Waals surface area contributed by atoms with Gasteiger partial charge in [-0.15, -0.1) is 0 Å². The van der Waals surface area contributed by atoms with Crippen molar-refractivity contribution < 1.29 is 9.47 Å². The van der Waals surface area contributed by atoms with Crippen molar-refractivity contribution in [2.24, 2.45) is 10.9 Å². The SMILES string of the molecule is CN=C(NCC1CCOC1)NCC1(SC)CCOCC1. The highest BCUT2D eigenvalue weighted by molar-refractivity contribution is 8.00. The van der Waals surface area contributed by atoms with Crippen LogP contribution in [0.2, 0.25) is 0 Å². The molecule has 0 aliphatic carbocycles. The van der Waals surface area contributed by atoms with E-state index in [0.717, 1.165) is 64.7 Å². The molecule has 2 fully saturated rings. The Morgan fingerprint density at radius 3 is 2.65 bits per heavy atom. The lowest BCUT2D eigenvalue weighted by Crippen LogP contribution is -2.48. The third-order valence-electron chi connectivity index (χ3n) is 4.22. The average Bonchev–Trinajstić information content (AvgIpc) is 3.02. The molecule has 0 aromatic heterocycles. The fourth-order valence-electron chi connectivity index (χ4n) is 2.65. The average molecular weight is 301 g/mol. The Morgan fingerprint density at radius 2 is 2.05 bits per heavy atom. The number of nitrogens with zero attached hydrogens (tertiary/aromatic N) is 1. The van der Waals surface area contributed by atoms with E-state index in [9.17, 15) is 0 Å². The highest BCUT2D eigenvalue weighted by atomic mass is 32.2. The second kappa shape index (κ2) is 8.10. The van der Waals surface area contributed by atoms with E-state index in [2.05, 4.69) is 21.9 Å². The standard InChI is InChI=1S/C14H27N3O2S/c1-15-13(16-9-12-3-6-19-10-12)17-11-14(20-2)4-7-18-8-5-14/h12H,3-11H2,1-2H3,(H2,15,16,17). The van der Waals surface area contributed by atoms with Crippen LogP contribution in [0, 0.1) is 5.92 Å². The molecule has 2 rings (SSSR count). The molecule has 116 valence electrons. The molecule has 0 saturated carbocycles. The summed E-state index contributed by atoms with van der Waals surface area (Å²) in [5.74, 6) is 1.52. The highest BCUT2D eigenvalue weighted by Crippen LogP contribution is 2.32. The summed E-state index contributed by atoms with van der Waals surface area (Å²) in [6.45, 7) is 5.39. The molecule has 0 radical (unpaired) electrons. The quantitative estimate of drug-likeness (QED) is 0.588. The molecule has 1 unspecified atom stereocenters. The van der Waals surface area contributed by atoms with Gasteiger partial charge in [-0.25, -0.2) is 0 Å². The largest absolute Gasteiger partial charge is 0.381 e. The molecule has 5 nitrogen and oxygen atoms in total. The van der Waals surface area contributed by atoms with Gasteiger partial charge >= 0.3 is 0 Å². The van der Waals surface area contributed by atoms with E-state index in [1.54, 1.807) is 0 Å². The summed E-state index contributed by atoms with van der Waals surface area (Å²) < 4.78 is 11.2. The van der Waals surface area contributed by atoms with Crippen molar-refractivity contribution in [1.29, 1.82) is 0 Å². The van der Waals surface area contributed by atoms with Gasteiger partial charge in [-0.2, -0.15) is 11.8 Å². The summed E-state index contributed by atoms with van der Waals surface area (Å²) in [4.78, 5) is 4.31. The first-order chi connectivity index (χ1) is 9.78. The summed E-state index contributed by atoms with van der Waals surface area (Å²) >= 11 is 1.94. The van der Waals surface area contributed by atoms with Gasteiger partial charge in [0.15, 0.2) is 5.96 Å². The van der Waals surface area contributed by atoms with E-state index in [4.69, 9.17) is 9.47 Å². The first-order valence-corrected chi connectivity index (χ1v) is 8.66. The maximum atomic E-state index is 5.47. The molecule has 2 heterocycles. The van der Waals surface area contributed by atoms with Gasteiger partial charge in [0.05, 0.1) is 6.61 Å². The van der Waals surface area contributed by atoms with Crippen LogP contribution in [0.1, 0.15) is 19.3 Å². The van der Waals surface area contributed by atoms with Gasteiger partial charge in [-0.1, -0.05) is 0 Å². The monoisotopic (exact) mass is 301 g/mol. The molecule has 0 aromatic carbocycles. The van der Waals surface area contributed by atoms with Crippen molar-refractivity contribution in [3.05, 3.63) is 0 Å². The molecular weight excluding hydrogens is 274 g/mol. The second-order valence-electron chi connectivity index (χ2n) is 5.54. The van der Waals surface area contributed by atoms with Crippen LogP contribution >= 0.6 is 11.8 Å². The third-order valence-corrected chi connectivity index (χ3v) is 5.64. The van der Waals surface area contributed by atoms with Crippen LogP contribution in [-0.4, -0.2) is 63.5 Å². The van der Waals surface area contributed by atoms with Crippen molar-refractivity contribution in [3.8, 4) is 0 Å². The number of aliphatic imine (C=N–C) groups is 1. The molecule has 2 aliphatic heterocycles. The lowest BCUT2D eigenvalue weighted by molar-refractivity contribution is 0.0783. The zero-order chi connectivity index (χ0) is 14.3. The number of hydrogen-bond acceptors (Lipinski definition) is 4. The van der Waals surface area contributed by atoms with Gasteiger partial charge in [-0.3, -0.25) is 4.99 Å². The molecule has 0 amide bonds.